The van der Waals surface area contributed by atoms with E-state index in [9.17, 15) is 4.79 Å². The molecule has 3 nitrogen and oxygen atoms in total. The fraction of sp³-hybridized carbons (Fsp3) is 0.286. The molecule has 1 N–H and O–H groups in total. The highest BCUT2D eigenvalue weighted by molar-refractivity contribution is 7.15. The summed E-state index contributed by atoms with van der Waals surface area (Å²) in [6.45, 7) is 4.66. The minimum absolute atomic E-state index is 0.0761. The molecular formula is C14H16N2OS. The number of benzene rings is 1. The number of hydrogen-bond donors (Lipinski definition) is 1. The Morgan fingerprint density at radius 2 is 2.06 bits per heavy atom. The maximum atomic E-state index is 11.9. The van der Waals surface area contributed by atoms with Gasteiger partial charge in [0, 0.05) is 17.0 Å². The zero-order chi connectivity index (χ0) is 13.0. The highest BCUT2D eigenvalue weighted by atomic mass is 32.1. The van der Waals surface area contributed by atoms with Crippen LogP contribution in [-0.4, -0.2) is 17.4 Å². The SMILES string of the molecule is CCCNC(=O)c1nc(-c2ccccc2)sc1C. The van der Waals surface area contributed by atoms with Crippen LogP contribution in [-0.2, 0) is 0 Å². The van der Waals surface area contributed by atoms with Crippen molar-refractivity contribution in [2.75, 3.05) is 6.54 Å². The fourth-order valence-electron chi connectivity index (χ4n) is 1.63. The number of hydrogen-bond acceptors (Lipinski definition) is 3. The number of nitrogens with zero attached hydrogens (tertiary/aromatic N) is 1. The van der Waals surface area contributed by atoms with Gasteiger partial charge in [0.25, 0.3) is 5.91 Å². The van der Waals surface area contributed by atoms with Crippen LogP contribution in [0.1, 0.15) is 28.7 Å². The van der Waals surface area contributed by atoms with Crippen LogP contribution in [0.25, 0.3) is 10.6 Å². The van der Waals surface area contributed by atoms with E-state index in [-0.39, 0.29) is 5.91 Å². The number of thiazole rings is 1. The van der Waals surface area contributed by atoms with Gasteiger partial charge in [0.15, 0.2) is 0 Å². The highest BCUT2D eigenvalue weighted by Gasteiger charge is 2.15. The van der Waals surface area contributed by atoms with E-state index in [4.69, 9.17) is 0 Å². The molecule has 0 aliphatic rings. The van der Waals surface area contributed by atoms with Crippen LogP contribution in [0.5, 0.6) is 0 Å². The summed E-state index contributed by atoms with van der Waals surface area (Å²) in [5, 5.41) is 3.76. The number of carbonyl (C=O) groups excluding carboxylic acids is 1. The van der Waals surface area contributed by atoms with Crippen molar-refractivity contribution in [1.29, 1.82) is 0 Å². The van der Waals surface area contributed by atoms with Crippen molar-refractivity contribution in [3.63, 3.8) is 0 Å². The van der Waals surface area contributed by atoms with E-state index in [0.29, 0.717) is 12.2 Å². The minimum Gasteiger partial charge on any atom is -0.351 e. The number of amides is 1. The first-order valence-corrected chi connectivity index (χ1v) is 6.85. The van der Waals surface area contributed by atoms with Gasteiger partial charge in [-0.2, -0.15) is 0 Å². The summed E-state index contributed by atoms with van der Waals surface area (Å²) in [6, 6.07) is 9.93. The van der Waals surface area contributed by atoms with Crippen LogP contribution < -0.4 is 5.32 Å². The maximum absolute atomic E-state index is 11.9. The molecule has 0 bridgehead atoms. The van der Waals surface area contributed by atoms with Gasteiger partial charge in [-0.1, -0.05) is 37.3 Å². The summed E-state index contributed by atoms with van der Waals surface area (Å²) in [5.41, 5.74) is 1.60. The van der Waals surface area contributed by atoms with Crippen molar-refractivity contribution in [2.45, 2.75) is 20.3 Å². The van der Waals surface area contributed by atoms with Crippen LogP contribution in [0.3, 0.4) is 0 Å². The standard InChI is InChI=1S/C14H16N2OS/c1-3-9-15-13(17)12-10(2)18-14(16-12)11-7-5-4-6-8-11/h4-8H,3,9H2,1-2H3,(H,15,17). The number of aryl methyl sites for hydroxylation is 1. The van der Waals surface area contributed by atoms with Crippen molar-refractivity contribution in [2.24, 2.45) is 0 Å². The van der Waals surface area contributed by atoms with Crippen LogP contribution in [0.2, 0.25) is 0 Å². The molecule has 2 aromatic rings. The van der Waals surface area contributed by atoms with Crippen LogP contribution >= 0.6 is 11.3 Å². The lowest BCUT2D eigenvalue weighted by Gasteiger charge is -2.00. The van der Waals surface area contributed by atoms with Gasteiger partial charge in [0.2, 0.25) is 0 Å². The quantitative estimate of drug-likeness (QED) is 0.916. The monoisotopic (exact) mass is 260 g/mol. The predicted octanol–water partition coefficient (Wildman–Crippen LogP) is 3.26. The molecule has 18 heavy (non-hydrogen) atoms. The third-order valence-corrected chi connectivity index (χ3v) is 3.59. The number of nitrogens with one attached hydrogen (secondary N) is 1. The highest BCUT2D eigenvalue weighted by Crippen LogP contribution is 2.27. The Bertz CT molecular complexity index is 534. The summed E-state index contributed by atoms with van der Waals surface area (Å²) in [4.78, 5) is 17.3. The topological polar surface area (TPSA) is 42.0 Å². The Balaban J connectivity index is 2.25. The molecule has 0 unspecified atom stereocenters. The molecule has 0 fully saturated rings. The van der Waals surface area contributed by atoms with Crippen LogP contribution in [0, 0.1) is 6.92 Å². The lowest BCUT2D eigenvalue weighted by molar-refractivity contribution is 0.0949. The molecule has 1 heterocycles. The van der Waals surface area contributed by atoms with Crippen molar-refractivity contribution >= 4 is 17.2 Å². The smallest absolute Gasteiger partial charge is 0.271 e. The van der Waals surface area contributed by atoms with Crippen molar-refractivity contribution in [3.8, 4) is 10.6 Å². The molecule has 0 aliphatic carbocycles. The summed E-state index contributed by atoms with van der Waals surface area (Å²) < 4.78 is 0. The van der Waals surface area contributed by atoms with Gasteiger partial charge in [-0.3, -0.25) is 4.79 Å². The molecule has 94 valence electrons. The van der Waals surface area contributed by atoms with E-state index >= 15 is 0 Å². The first kappa shape index (κ1) is 12.8. The lowest BCUT2D eigenvalue weighted by Crippen LogP contribution is -2.24. The Labute approximate surface area is 111 Å². The largest absolute Gasteiger partial charge is 0.351 e. The molecule has 0 saturated heterocycles. The van der Waals surface area contributed by atoms with Gasteiger partial charge in [-0.25, -0.2) is 4.98 Å². The predicted molar refractivity (Wildman–Crippen MR) is 74.9 cm³/mol. The molecule has 1 aromatic heterocycles. The lowest BCUT2D eigenvalue weighted by atomic mass is 10.2. The first-order chi connectivity index (χ1) is 8.72. The van der Waals surface area contributed by atoms with Crippen LogP contribution in [0.15, 0.2) is 30.3 Å². The summed E-state index contributed by atoms with van der Waals surface area (Å²) >= 11 is 1.56. The Morgan fingerprint density at radius 1 is 1.33 bits per heavy atom. The van der Waals surface area contributed by atoms with Crippen molar-refractivity contribution in [3.05, 3.63) is 40.9 Å². The van der Waals surface area contributed by atoms with Gasteiger partial charge in [-0.05, 0) is 13.3 Å². The maximum Gasteiger partial charge on any atom is 0.271 e. The molecule has 0 radical (unpaired) electrons. The molecule has 0 saturated carbocycles. The number of carbonyl (C=O) groups is 1. The molecule has 1 aromatic carbocycles. The molecule has 0 spiro atoms. The molecule has 4 heteroatoms. The molecule has 2 rings (SSSR count). The summed E-state index contributed by atoms with van der Waals surface area (Å²) in [5.74, 6) is -0.0761. The Morgan fingerprint density at radius 3 is 2.72 bits per heavy atom. The zero-order valence-electron chi connectivity index (χ0n) is 10.6. The van der Waals surface area contributed by atoms with E-state index < -0.39 is 0 Å². The second-order valence-corrected chi connectivity index (χ2v) is 5.25. The number of rotatable bonds is 4. The second-order valence-electron chi connectivity index (χ2n) is 4.05. The van der Waals surface area contributed by atoms with Gasteiger partial charge in [-0.15, -0.1) is 11.3 Å². The normalized spacial score (nSPS) is 10.3. The average molecular weight is 260 g/mol. The van der Waals surface area contributed by atoms with E-state index in [1.165, 1.54) is 0 Å². The van der Waals surface area contributed by atoms with Crippen molar-refractivity contribution in [1.82, 2.24) is 10.3 Å². The second kappa shape index (κ2) is 5.78. The van der Waals surface area contributed by atoms with Gasteiger partial charge >= 0.3 is 0 Å². The molecular weight excluding hydrogens is 244 g/mol. The van der Waals surface area contributed by atoms with Gasteiger partial charge < -0.3 is 5.32 Å². The number of aromatic nitrogens is 1. The van der Waals surface area contributed by atoms with E-state index in [0.717, 1.165) is 21.9 Å². The first-order valence-electron chi connectivity index (χ1n) is 6.03. The van der Waals surface area contributed by atoms with E-state index in [2.05, 4.69) is 10.3 Å². The van der Waals surface area contributed by atoms with Gasteiger partial charge in [0.1, 0.15) is 10.7 Å². The third-order valence-electron chi connectivity index (χ3n) is 2.57. The Hall–Kier alpha value is -1.68. The third kappa shape index (κ3) is 2.76. The summed E-state index contributed by atoms with van der Waals surface area (Å²) in [6.07, 6.45) is 0.931. The zero-order valence-corrected chi connectivity index (χ0v) is 11.4. The summed E-state index contributed by atoms with van der Waals surface area (Å²) in [7, 11) is 0. The molecule has 0 atom stereocenters. The van der Waals surface area contributed by atoms with Gasteiger partial charge in [0.05, 0.1) is 0 Å². The minimum atomic E-state index is -0.0761. The fourth-order valence-corrected chi connectivity index (χ4v) is 2.55. The molecule has 1 amide bonds. The Kier molecular flexibility index (Phi) is 4.10. The average Bonchev–Trinajstić information content (AvgIpc) is 2.79. The van der Waals surface area contributed by atoms with E-state index in [1.54, 1.807) is 11.3 Å². The molecule has 0 aliphatic heterocycles. The van der Waals surface area contributed by atoms with Crippen molar-refractivity contribution < 1.29 is 4.79 Å². The van der Waals surface area contributed by atoms with E-state index in [1.807, 2.05) is 44.2 Å². The van der Waals surface area contributed by atoms with Crippen LogP contribution in [0.4, 0.5) is 0 Å².